The number of rotatable bonds is 4. The maximum Gasteiger partial charge on any atom is 0.352 e. The van der Waals surface area contributed by atoms with Gasteiger partial charge in [0.25, 0.3) is 0 Å². The van der Waals surface area contributed by atoms with Crippen molar-refractivity contribution in [3.8, 4) is 0 Å². The number of aliphatic carboxylic acids is 1. The van der Waals surface area contributed by atoms with Gasteiger partial charge < -0.3 is 10.8 Å². The van der Waals surface area contributed by atoms with Gasteiger partial charge in [-0.15, -0.1) is 28.6 Å². The first-order valence-electron chi connectivity index (χ1n) is 5.65. The Hall–Kier alpha value is -1.10. The van der Waals surface area contributed by atoms with Crippen LogP contribution in [-0.2, 0) is 9.59 Å². The summed E-state index contributed by atoms with van der Waals surface area (Å²) in [6, 6.07) is -0.589. The Labute approximate surface area is 126 Å². The van der Waals surface area contributed by atoms with E-state index in [1.807, 2.05) is 0 Å². The number of β-lactam (4-membered cyclic amide) rings is 1. The van der Waals surface area contributed by atoms with Crippen molar-refractivity contribution in [1.29, 1.82) is 0 Å². The molecule has 0 aromatic carbocycles. The molecule has 0 saturated carbocycles. The standard InChI is InChI=1S/C10H10N4O3S3/c11-6-8(15)14-7(10(16)17)4(3-19-9(6)14)2-18-5-1-12-13-20-5/h1,6,9H,2-3,11H2,(H,16,17)/t6-,9+/m1/s1. The Balaban J connectivity index is 1.82. The molecule has 0 bridgehead atoms. The Morgan fingerprint density at radius 1 is 1.65 bits per heavy atom. The third-order valence-corrected chi connectivity index (χ3v) is 6.30. The molecule has 1 saturated heterocycles. The smallest absolute Gasteiger partial charge is 0.352 e. The van der Waals surface area contributed by atoms with E-state index in [0.717, 1.165) is 9.78 Å². The zero-order valence-electron chi connectivity index (χ0n) is 10.1. The lowest BCUT2D eigenvalue weighted by atomic mass is 10.0. The van der Waals surface area contributed by atoms with Crippen molar-refractivity contribution in [2.45, 2.75) is 15.6 Å². The van der Waals surface area contributed by atoms with Crippen molar-refractivity contribution in [2.24, 2.45) is 5.73 Å². The van der Waals surface area contributed by atoms with Gasteiger partial charge in [-0.2, -0.15) is 0 Å². The van der Waals surface area contributed by atoms with E-state index in [9.17, 15) is 14.7 Å². The average molecular weight is 330 g/mol. The van der Waals surface area contributed by atoms with Gasteiger partial charge in [0.2, 0.25) is 5.91 Å². The van der Waals surface area contributed by atoms with Crippen LogP contribution in [-0.4, -0.2) is 54.4 Å². The Morgan fingerprint density at radius 2 is 2.45 bits per heavy atom. The molecule has 1 amide bonds. The van der Waals surface area contributed by atoms with Crippen LogP contribution in [0.4, 0.5) is 0 Å². The van der Waals surface area contributed by atoms with Crippen molar-refractivity contribution in [3.05, 3.63) is 17.5 Å². The second-order valence-corrected chi connectivity index (χ2v) is 7.38. The van der Waals surface area contributed by atoms with Crippen molar-refractivity contribution in [2.75, 3.05) is 11.5 Å². The molecule has 0 aliphatic carbocycles. The van der Waals surface area contributed by atoms with Gasteiger partial charge in [0.1, 0.15) is 21.3 Å². The first-order chi connectivity index (χ1) is 9.59. The summed E-state index contributed by atoms with van der Waals surface area (Å²) in [6.07, 6.45) is 1.64. The van der Waals surface area contributed by atoms with Crippen molar-refractivity contribution in [3.63, 3.8) is 0 Å². The summed E-state index contributed by atoms with van der Waals surface area (Å²) in [7, 11) is 0. The fourth-order valence-corrected chi connectivity index (χ4v) is 4.93. The van der Waals surface area contributed by atoms with Gasteiger partial charge >= 0.3 is 5.97 Å². The molecule has 0 spiro atoms. The summed E-state index contributed by atoms with van der Waals surface area (Å²) in [4.78, 5) is 24.5. The van der Waals surface area contributed by atoms with Crippen LogP contribution >= 0.6 is 35.1 Å². The number of aromatic nitrogens is 2. The zero-order chi connectivity index (χ0) is 14.3. The van der Waals surface area contributed by atoms with Crippen molar-refractivity contribution >= 4 is 46.9 Å². The molecule has 0 unspecified atom stereocenters. The lowest BCUT2D eigenvalue weighted by Crippen LogP contribution is -2.68. The van der Waals surface area contributed by atoms with E-state index < -0.39 is 12.0 Å². The summed E-state index contributed by atoms with van der Waals surface area (Å²) in [6.45, 7) is 0. The van der Waals surface area contributed by atoms with Crippen LogP contribution in [0.2, 0.25) is 0 Å². The topological polar surface area (TPSA) is 109 Å². The highest BCUT2D eigenvalue weighted by molar-refractivity contribution is 8.01. The fraction of sp³-hybridized carbons (Fsp3) is 0.400. The second-order valence-electron chi connectivity index (χ2n) is 4.22. The molecule has 1 aromatic heterocycles. The number of carbonyl (C=O) groups is 2. The van der Waals surface area contributed by atoms with E-state index in [1.165, 1.54) is 40.0 Å². The molecule has 106 valence electrons. The Bertz CT molecular complexity index is 589. The highest BCUT2D eigenvalue weighted by Crippen LogP contribution is 2.40. The van der Waals surface area contributed by atoms with Crippen LogP contribution < -0.4 is 5.73 Å². The summed E-state index contributed by atoms with van der Waals surface area (Å²) in [5.74, 6) is -0.317. The molecule has 2 atom stereocenters. The van der Waals surface area contributed by atoms with Crippen LogP contribution in [0.3, 0.4) is 0 Å². The maximum atomic E-state index is 11.8. The summed E-state index contributed by atoms with van der Waals surface area (Å²) in [5, 5.41) is 12.8. The summed E-state index contributed by atoms with van der Waals surface area (Å²) < 4.78 is 4.67. The molecule has 7 nitrogen and oxygen atoms in total. The average Bonchev–Trinajstić information content (AvgIpc) is 2.96. The van der Waals surface area contributed by atoms with Crippen LogP contribution in [0.1, 0.15) is 0 Å². The molecule has 3 rings (SSSR count). The van der Waals surface area contributed by atoms with Crippen LogP contribution in [0.25, 0.3) is 0 Å². The molecular formula is C10H10N4O3S3. The summed E-state index contributed by atoms with van der Waals surface area (Å²) in [5.41, 5.74) is 6.51. The zero-order valence-corrected chi connectivity index (χ0v) is 12.5. The molecule has 1 aromatic rings. The maximum absolute atomic E-state index is 11.8. The van der Waals surface area contributed by atoms with Gasteiger partial charge in [-0.25, -0.2) is 4.79 Å². The normalized spacial score (nSPS) is 25.4. The highest BCUT2D eigenvalue weighted by Gasteiger charge is 2.51. The predicted molar refractivity (Wildman–Crippen MR) is 76.4 cm³/mol. The molecule has 1 fully saturated rings. The third-order valence-electron chi connectivity index (χ3n) is 3.02. The fourth-order valence-electron chi connectivity index (χ4n) is 2.07. The number of fused-ring (bicyclic) bond motifs is 1. The Kier molecular flexibility index (Phi) is 3.71. The molecule has 3 heterocycles. The number of thioether (sulfide) groups is 2. The molecule has 0 radical (unpaired) electrons. The van der Waals surface area contributed by atoms with E-state index >= 15 is 0 Å². The second kappa shape index (κ2) is 5.35. The van der Waals surface area contributed by atoms with Crippen molar-refractivity contribution in [1.82, 2.24) is 14.5 Å². The van der Waals surface area contributed by atoms with E-state index in [1.54, 1.807) is 6.20 Å². The third kappa shape index (κ3) is 2.22. The number of carbonyl (C=O) groups excluding carboxylic acids is 1. The molecule has 2 aliphatic rings. The van der Waals surface area contributed by atoms with E-state index in [4.69, 9.17) is 5.73 Å². The van der Waals surface area contributed by atoms with Crippen LogP contribution in [0.5, 0.6) is 0 Å². The van der Waals surface area contributed by atoms with Gasteiger partial charge in [-0.3, -0.25) is 9.69 Å². The first-order valence-corrected chi connectivity index (χ1v) is 8.46. The Morgan fingerprint density at radius 3 is 3.10 bits per heavy atom. The van der Waals surface area contributed by atoms with Crippen molar-refractivity contribution < 1.29 is 14.7 Å². The lowest BCUT2D eigenvalue weighted by molar-refractivity contribution is -0.147. The van der Waals surface area contributed by atoms with E-state index in [-0.39, 0.29) is 17.0 Å². The van der Waals surface area contributed by atoms with Crippen LogP contribution in [0.15, 0.2) is 21.7 Å². The number of nitrogens with two attached hydrogens (primary N) is 1. The number of carboxylic acid groups (broad SMARTS) is 1. The van der Waals surface area contributed by atoms with Gasteiger partial charge in [0, 0.05) is 11.5 Å². The van der Waals surface area contributed by atoms with Gasteiger partial charge in [0.15, 0.2) is 0 Å². The van der Waals surface area contributed by atoms with Crippen LogP contribution in [0, 0.1) is 0 Å². The molecule has 2 aliphatic heterocycles. The van der Waals surface area contributed by atoms with Gasteiger partial charge in [0.05, 0.1) is 6.20 Å². The number of hydrogen-bond acceptors (Lipinski definition) is 8. The molecule has 10 heteroatoms. The minimum absolute atomic E-state index is 0.0884. The number of hydrogen-bond donors (Lipinski definition) is 2. The molecular weight excluding hydrogens is 320 g/mol. The monoisotopic (exact) mass is 330 g/mol. The SMILES string of the molecule is N[C@@H]1C(=O)N2C(C(=O)O)=C(CSc3cnns3)CS[C@@H]12. The van der Waals surface area contributed by atoms with Gasteiger partial charge in [-0.1, -0.05) is 4.49 Å². The minimum atomic E-state index is -1.08. The number of amides is 1. The molecule has 3 N–H and O–H groups in total. The quantitative estimate of drug-likeness (QED) is 0.596. The highest BCUT2D eigenvalue weighted by atomic mass is 32.2. The number of carboxylic acids is 1. The lowest BCUT2D eigenvalue weighted by Gasteiger charge is -2.48. The number of nitrogens with zero attached hydrogens (tertiary/aromatic N) is 3. The first kappa shape index (κ1) is 13.9. The van der Waals surface area contributed by atoms with E-state index in [0.29, 0.717) is 11.5 Å². The minimum Gasteiger partial charge on any atom is -0.477 e. The van der Waals surface area contributed by atoms with Gasteiger partial charge in [-0.05, 0) is 17.1 Å². The largest absolute Gasteiger partial charge is 0.477 e. The predicted octanol–water partition coefficient (Wildman–Crippen LogP) is 0.211. The van der Waals surface area contributed by atoms with E-state index in [2.05, 4.69) is 9.59 Å². The molecule has 20 heavy (non-hydrogen) atoms. The summed E-state index contributed by atoms with van der Waals surface area (Å²) >= 11 is 4.24.